The van der Waals surface area contributed by atoms with Gasteiger partial charge < -0.3 is 4.84 Å². The summed E-state index contributed by atoms with van der Waals surface area (Å²) in [5.74, 6) is -2.51. The van der Waals surface area contributed by atoms with Gasteiger partial charge in [0.05, 0.1) is 17.3 Å². The van der Waals surface area contributed by atoms with E-state index in [1.54, 1.807) is 0 Å². The average molecular weight is 297 g/mol. The van der Waals surface area contributed by atoms with E-state index in [0.29, 0.717) is 0 Å². The lowest BCUT2D eigenvalue weighted by Gasteiger charge is -2.00. The van der Waals surface area contributed by atoms with Crippen molar-refractivity contribution in [1.82, 2.24) is 4.98 Å². The van der Waals surface area contributed by atoms with Crippen LogP contribution >= 0.6 is 11.6 Å². The normalized spacial score (nSPS) is 10.8. The van der Waals surface area contributed by atoms with Gasteiger partial charge in [-0.1, -0.05) is 22.8 Å². The monoisotopic (exact) mass is 296 g/mol. The molecule has 0 spiro atoms. The second kappa shape index (κ2) is 6.21. The van der Waals surface area contributed by atoms with E-state index in [9.17, 15) is 13.6 Å². The Kier molecular flexibility index (Phi) is 4.37. The largest absolute Gasteiger partial charge is 0.368 e. The number of oxime groups is 1. The van der Waals surface area contributed by atoms with Crippen LogP contribution < -0.4 is 0 Å². The van der Waals surface area contributed by atoms with Crippen LogP contribution in [0.4, 0.5) is 8.78 Å². The Morgan fingerprint density at radius 3 is 2.60 bits per heavy atom. The Bertz CT molecular complexity index is 657. The number of nitrogens with zero attached hydrogens (tertiary/aromatic N) is 2. The molecule has 0 unspecified atom stereocenters. The molecule has 1 aromatic heterocycles. The predicted molar refractivity (Wildman–Crippen MR) is 68.6 cm³/mol. The maximum Gasteiger partial charge on any atom is 0.368 e. The lowest BCUT2D eigenvalue weighted by Crippen LogP contribution is -2.03. The highest BCUT2D eigenvalue weighted by Crippen LogP contribution is 2.13. The number of pyridine rings is 1. The average Bonchev–Trinajstić information content (AvgIpc) is 2.42. The molecule has 1 heterocycles. The molecular formula is C13H7ClF2N2O2. The molecule has 2 rings (SSSR count). The van der Waals surface area contributed by atoms with E-state index >= 15 is 0 Å². The van der Waals surface area contributed by atoms with Gasteiger partial charge in [0.1, 0.15) is 16.8 Å². The summed E-state index contributed by atoms with van der Waals surface area (Å²) in [5.41, 5.74) is -0.405. The van der Waals surface area contributed by atoms with Crippen LogP contribution in [0.15, 0.2) is 41.7 Å². The molecule has 0 fully saturated rings. The van der Waals surface area contributed by atoms with Gasteiger partial charge in [-0.05, 0) is 24.3 Å². The summed E-state index contributed by atoms with van der Waals surface area (Å²) in [6.07, 6.45) is 2.17. The molecular weight excluding hydrogens is 290 g/mol. The van der Waals surface area contributed by atoms with Gasteiger partial charge in [-0.3, -0.25) is 0 Å². The molecule has 0 saturated carbocycles. The minimum atomic E-state index is -0.879. The summed E-state index contributed by atoms with van der Waals surface area (Å²) in [5, 5.41) is 3.19. The first kappa shape index (κ1) is 14.1. The quantitative estimate of drug-likeness (QED) is 0.378. The van der Waals surface area contributed by atoms with E-state index in [-0.39, 0.29) is 10.7 Å². The minimum Gasteiger partial charge on any atom is -0.313 e. The number of carbonyl (C=O) groups is 1. The van der Waals surface area contributed by atoms with Crippen molar-refractivity contribution in [2.75, 3.05) is 0 Å². The van der Waals surface area contributed by atoms with Crippen LogP contribution in [0.1, 0.15) is 15.9 Å². The Morgan fingerprint density at radius 1 is 1.25 bits per heavy atom. The molecule has 0 atom stereocenters. The lowest BCUT2D eigenvalue weighted by atomic mass is 10.2. The number of aromatic nitrogens is 1. The van der Waals surface area contributed by atoms with Crippen LogP contribution in [0, 0.1) is 11.6 Å². The van der Waals surface area contributed by atoms with E-state index < -0.39 is 23.2 Å². The topological polar surface area (TPSA) is 51.5 Å². The lowest BCUT2D eigenvalue weighted by molar-refractivity contribution is 0.0518. The van der Waals surface area contributed by atoms with Crippen LogP contribution in [0.2, 0.25) is 5.15 Å². The van der Waals surface area contributed by atoms with E-state index in [2.05, 4.69) is 15.0 Å². The summed E-state index contributed by atoms with van der Waals surface area (Å²) in [6, 6.07) is 6.21. The van der Waals surface area contributed by atoms with Crippen molar-refractivity contribution in [3.05, 3.63) is 64.4 Å². The molecule has 0 saturated heterocycles. The molecule has 102 valence electrons. The fourth-order valence-corrected chi connectivity index (χ4v) is 1.54. The maximum atomic E-state index is 13.3. The van der Waals surface area contributed by atoms with E-state index in [4.69, 9.17) is 11.6 Å². The summed E-state index contributed by atoms with van der Waals surface area (Å²) < 4.78 is 26.5. The number of halogens is 3. The molecule has 0 N–H and O–H groups in total. The molecule has 20 heavy (non-hydrogen) atoms. The number of hydrogen-bond acceptors (Lipinski definition) is 4. The molecule has 0 amide bonds. The highest BCUT2D eigenvalue weighted by atomic mass is 35.5. The Hall–Kier alpha value is -2.34. The van der Waals surface area contributed by atoms with Crippen LogP contribution in [-0.4, -0.2) is 17.2 Å². The SMILES string of the molecule is O=C(ON=Cc1c(F)cccc1F)c1cccnc1Cl. The zero-order valence-corrected chi connectivity index (χ0v) is 10.6. The van der Waals surface area contributed by atoms with E-state index in [1.807, 2.05) is 0 Å². The van der Waals surface area contributed by atoms with Crippen molar-refractivity contribution in [2.45, 2.75) is 0 Å². The second-order valence-electron chi connectivity index (χ2n) is 3.59. The summed E-state index contributed by atoms with van der Waals surface area (Å²) >= 11 is 5.68. The standard InChI is InChI=1S/C13H7ClF2N2O2/c14-12-8(3-2-6-17-12)13(19)20-18-7-9-10(15)4-1-5-11(9)16/h1-7H. The fourth-order valence-electron chi connectivity index (χ4n) is 1.35. The molecule has 4 nitrogen and oxygen atoms in total. The molecule has 2 aromatic rings. The van der Waals surface area contributed by atoms with Gasteiger partial charge >= 0.3 is 5.97 Å². The summed E-state index contributed by atoms with van der Waals surface area (Å²) in [4.78, 5) is 19.8. The zero-order chi connectivity index (χ0) is 14.5. The van der Waals surface area contributed by atoms with Crippen LogP contribution in [0.3, 0.4) is 0 Å². The van der Waals surface area contributed by atoms with Gasteiger partial charge in [0.2, 0.25) is 0 Å². The van der Waals surface area contributed by atoms with Crippen LogP contribution in [0.5, 0.6) is 0 Å². The van der Waals surface area contributed by atoms with Crippen molar-refractivity contribution >= 4 is 23.8 Å². The van der Waals surface area contributed by atoms with Gasteiger partial charge in [-0.25, -0.2) is 18.6 Å². The first-order valence-corrected chi connectivity index (χ1v) is 5.76. The minimum absolute atomic E-state index is 0.000298. The van der Waals surface area contributed by atoms with Gasteiger partial charge in [0.25, 0.3) is 0 Å². The van der Waals surface area contributed by atoms with Crippen molar-refractivity contribution in [1.29, 1.82) is 0 Å². The first-order valence-electron chi connectivity index (χ1n) is 5.39. The number of benzene rings is 1. The molecule has 7 heteroatoms. The third kappa shape index (κ3) is 3.16. The van der Waals surface area contributed by atoms with E-state index in [1.165, 1.54) is 24.4 Å². The Morgan fingerprint density at radius 2 is 1.95 bits per heavy atom. The van der Waals surface area contributed by atoms with Crippen molar-refractivity contribution in [3.8, 4) is 0 Å². The Labute approximate surface area is 117 Å². The van der Waals surface area contributed by atoms with Gasteiger partial charge in [0, 0.05) is 6.20 Å². The van der Waals surface area contributed by atoms with Crippen molar-refractivity contribution in [3.63, 3.8) is 0 Å². The third-order valence-corrected chi connectivity index (χ3v) is 2.60. The predicted octanol–water partition coefficient (Wildman–Crippen LogP) is 3.20. The summed E-state index contributed by atoms with van der Waals surface area (Å²) in [7, 11) is 0. The van der Waals surface area contributed by atoms with Gasteiger partial charge in [0.15, 0.2) is 0 Å². The fraction of sp³-hybridized carbons (Fsp3) is 0. The molecule has 0 bridgehead atoms. The molecule has 0 radical (unpaired) electrons. The zero-order valence-electron chi connectivity index (χ0n) is 9.89. The third-order valence-electron chi connectivity index (χ3n) is 2.30. The molecule has 0 aliphatic heterocycles. The van der Waals surface area contributed by atoms with E-state index in [0.717, 1.165) is 18.3 Å². The van der Waals surface area contributed by atoms with Crippen molar-refractivity contribution in [2.24, 2.45) is 5.16 Å². The number of hydrogen-bond donors (Lipinski definition) is 0. The van der Waals surface area contributed by atoms with Crippen LogP contribution in [-0.2, 0) is 4.84 Å². The highest BCUT2D eigenvalue weighted by Gasteiger charge is 2.12. The molecule has 0 aliphatic rings. The first-order chi connectivity index (χ1) is 9.59. The molecule has 1 aromatic carbocycles. The number of rotatable bonds is 3. The molecule has 0 aliphatic carbocycles. The summed E-state index contributed by atoms with van der Waals surface area (Å²) in [6.45, 7) is 0. The van der Waals surface area contributed by atoms with Gasteiger partial charge in [-0.15, -0.1) is 0 Å². The highest BCUT2D eigenvalue weighted by molar-refractivity contribution is 6.32. The van der Waals surface area contributed by atoms with Crippen molar-refractivity contribution < 1.29 is 18.4 Å². The smallest absolute Gasteiger partial charge is 0.313 e. The van der Waals surface area contributed by atoms with Gasteiger partial charge in [-0.2, -0.15) is 0 Å². The maximum absolute atomic E-state index is 13.3. The second-order valence-corrected chi connectivity index (χ2v) is 3.95. The number of carbonyl (C=O) groups excluding carboxylic acids is 1. The van der Waals surface area contributed by atoms with Crippen LogP contribution in [0.25, 0.3) is 0 Å². The Balaban J connectivity index is 2.11.